The monoisotopic (exact) mass is 390 g/mol. The third kappa shape index (κ3) is 5.33. The van der Waals surface area contributed by atoms with E-state index in [1.165, 1.54) is 18.4 Å². The lowest BCUT2D eigenvalue weighted by Gasteiger charge is -2.33. The maximum absolute atomic E-state index is 12.8. The van der Waals surface area contributed by atoms with E-state index in [1.807, 2.05) is 18.7 Å². The van der Waals surface area contributed by atoms with Gasteiger partial charge in [-0.2, -0.15) is 5.10 Å². The number of benzene rings is 1. The second-order valence-electron chi connectivity index (χ2n) is 7.47. The first kappa shape index (κ1) is 21.5. The highest BCUT2D eigenvalue weighted by molar-refractivity contribution is 5.85. The smallest absolute Gasteiger partial charge is 0.244 e. The van der Waals surface area contributed by atoms with Crippen molar-refractivity contribution in [3.8, 4) is 0 Å². The van der Waals surface area contributed by atoms with Crippen molar-refractivity contribution in [1.82, 2.24) is 15.1 Å². The Morgan fingerprint density at radius 3 is 2.52 bits per heavy atom. The van der Waals surface area contributed by atoms with Crippen molar-refractivity contribution < 1.29 is 4.79 Å². The van der Waals surface area contributed by atoms with E-state index in [1.54, 1.807) is 0 Å². The standard InChI is InChI=1S/C21H30N4O.ClH/c1-15-19(16(2)24-23-15)20(22)21(26)25-13-11-18(12-14-25)10-6-9-17-7-4-3-5-8-17;/h3-5,7-8,18,20H,6,9-14,22H2,1-2H3,(H,23,24);1H. The Balaban J connectivity index is 0.00000261. The number of carbonyl (C=O) groups excluding carboxylic acids is 1. The molecule has 1 unspecified atom stereocenters. The maximum Gasteiger partial charge on any atom is 0.244 e. The molecule has 2 aromatic rings. The average Bonchev–Trinajstić information content (AvgIpc) is 3.00. The van der Waals surface area contributed by atoms with E-state index in [4.69, 9.17) is 5.73 Å². The molecule has 0 aliphatic carbocycles. The number of likely N-dealkylation sites (tertiary alicyclic amines) is 1. The van der Waals surface area contributed by atoms with Gasteiger partial charge >= 0.3 is 0 Å². The normalized spacial score (nSPS) is 16.0. The van der Waals surface area contributed by atoms with Gasteiger partial charge in [-0.15, -0.1) is 12.4 Å². The minimum atomic E-state index is -0.608. The third-order valence-corrected chi connectivity index (χ3v) is 5.61. The van der Waals surface area contributed by atoms with Crippen LogP contribution in [0.5, 0.6) is 0 Å². The average molecular weight is 391 g/mol. The number of aromatic amines is 1. The molecule has 3 N–H and O–H groups in total. The fourth-order valence-electron chi connectivity index (χ4n) is 4.02. The Kier molecular flexibility index (Phi) is 7.87. The molecule has 0 spiro atoms. The van der Waals surface area contributed by atoms with E-state index < -0.39 is 6.04 Å². The highest BCUT2D eigenvalue weighted by Gasteiger charge is 2.29. The van der Waals surface area contributed by atoms with Gasteiger partial charge in [0.2, 0.25) is 5.91 Å². The lowest BCUT2D eigenvalue weighted by atomic mass is 9.90. The lowest BCUT2D eigenvalue weighted by Crippen LogP contribution is -2.43. The van der Waals surface area contributed by atoms with Crippen LogP contribution < -0.4 is 5.73 Å². The number of aromatic nitrogens is 2. The molecular weight excluding hydrogens is 360 g/mol. The first-order chi connectivity index (χ1) is 12.6. The molecule has 1 aliphatic rings. The van der Waals surface area contributed by atoms with E-state index in [0.717, 1.165) is 55.2 Å². The molecule has 5 nitrogen and oxygen atoms in total. The summed E-state index contributed by atoms with van der Waals surface area (Å²) in [6, 6.07) is 10.1. The summed E-state index contributed by atoms with van der Waals surface area (Å²) < 4.78 is 0. The van der Waals surface area contributed by atoms with Gasteiger partial charge in [0.1, 0.15) is 6.04 Å². The first-order valence-corrected chi connectivity index (χ1v) is 9.66. The van der Waals surface area contributed by atoms with Gasteiger partial charge in [0.15, 0.2) is 0 Å². The zero-order valence-electron chi connectivity index (χ0n) is 16.3. The van der Waals surface area contributed by atoms with Crippen LogP contribution in [0.2, 0.25) is 0 Å². The predicted molar refractivity (Wildman–Crippen MR) is 111 cm³/mol. The number of rotatable bonds is 6. The van der Waals surface area contributed by atoms with Crippen LogP contribution in [0.15, 0.2) is 30.3 Å². The van der Waals surface area contributed by atoms with Gasteiger partial charge in [0.25, 0.3) is 0 Å². The van der Waals surface area contributed by atoms with Crippen molar-refractivity contribution in [3.05, 3.63) is 52.8 Å². The lowest BCUT2D eigenvalue weighted by molar-refractivity contribution is -0.134. The molecule has 1 saturated heterocycles. The second kappa shape index (κ2) is 9.90. The summed E-state index contributed by atoms with van der Waals surface area (Å²) in [6.45, 7) is 5.45. The molecule has 0 radical (unpaired) electrons. The molecule has 148 valence electrons. The van der Waals surface area contributed by atoms with E-state index in [9.17, 15) is 4.79 Å². The van der Waals surface area contributed by atoms with Gasteiger partial charge in [0.05, 0.1) is 5.69 Å². The maximum atomic E-state index is 12.8. The summed E-state index contributed by atoms with van der Waals surface area (Å²) in [6.07, 6.45) is 5.76. The molecular formula is C21H31ClN4O. The molecule has 1 amide bonds. The van der Waals surface area contributed by atoms with Gasteiger partial charge in [-0.3, -0.25) is 9.89 Å². The van der Waals surface area contributed by atoms with Crippen LogP contribution in [0.3, 0.4) is 0 Å². The van der Waals surface area contributed by atoms with Crippen LogP contribution in [-0.2, 0) is 11.2 Å². The highest BCUT2D eigenvalue weighted by atomic mass is 35.5. The number of nitrogens with one attached hydrogen (secondary N) is 1. The quantitative estimate of drug-likeness (QED) is 0.789. The number of aryl methyl sites for hydroxylation is 3. The molecule has 27 heavy (non-hydrogen) atoms. The van der Waals surface area contributed by atoms with Crippen LogP contribution in [0.1, 0.15) is 54.2 Å². The number of hydrogen-bond acceptors (Lipinski definition) is 3. The van der Waals surface area contributed by atoms with Gasteiger partial charge in [-0.25, -0.2) is 0 Å². The predicted octanol–water partition coefficient (Wildman–Crippen LogP) is 3.71. The largest absolute Gasteiger partial charge is 0.341 e. The van der Waals surface area contributed by atoms with Crippen LogP contribution in [0, 0.1) is 19.8 Å². The summed E-state index contributed by atoms with van der Waals surface area (Å²) in [5.41, 5.74) is 10.2. The molecule has 1 fully saturated rings. The number of H-pyrrole nitrogens is 1. The molecule has 2 heterocycles. The van der Waals surface area contributed by atoms with Crippen LogP contribution in [0.25, 0.3) is 0 Å². The number of piperidine rings is 1. The Hall–Kier alpha value is -1.85. The Morgan fingerprint density at radius 2 is 1.93 bits per heavy atom. The van der Waals surface area contributed by atoms with Crippen molar-refractivity contribution >= 4 is 18.3 Å². The Labute approximate surface area is 168 Å². The van der Waals surface area contributed by atoms with Gasteiger partial charge < -0.3 is 10.6 Å². The second-order valence-corrected chi connectivity index (χ2v) is 7.47. The molecule has 0 bridgehead atoms. The SMILES string of the molecule is Cc1n[nH]c(C)c1C(N)C(=O)N1CCC(CCCc2ccccc2)CC1.Cl. The fourth-order valence-corrected chi connectivity index (χ4v) is 4.02. The number of nitrogens with zero attached hydrogens (tertiary/aromatic N) is 2. The van der Waals surface area contributed by atoms with E-state index >= 15 is 0 Å². The molecule has 1 aromatic heterocycles. The van der Waals surface area contributed by atoms with E-state index in [-0.39, 0.29) is 18.3 Å². The van der Waals surface area contributed by atoms with Crippen LogP contribution in [-0.4, -0.2) is 34.1 Å². The van der Waals surface area contributed by atoms with Crippen LogP contribution in [0.4, 0.5) is 0 Å². The molecule has 3 rings (SSSR count). The minimum Gasteiger partial charge on any atom is -0.341 e. The highest BCUT2D eigenvalue weighted by Crippen LogP contribution is 2.26. The number of hydrogen-bond donors (Lipinski definition) is 2. The van der Waals surface area contributed by atoms with E-state index in [2.05, 4.69) is 40.5 Å². The molecule has 0 saturated carbocycles. The zero-order chi connectivity index (χ0) is 18.5. The minimum absolute atomic E-state index is 0. The van der Waals surface area contributed by atoms with Gasteiger partial charge in [-0.1, -0.05) is 30.3 Å². The first-order valence-electron chi connectivity index (χ1n) is 9.66. The third-order valence-electron chi connectivity index (χ3n) is 5.61. The topological polar surface area (TPSA) is 75.0 Å². The zero-order valence-corrected chi connectivity index (χ0v) is 17.1. The Morgan fingerprint density at radius 1 is 1.26 bits per heavy atom. The Bertz CT molecular complexity index is 704. The molecule has 1 aliphatic heterocycles. The number of nitrogens with two attached hydrogens (primary N) is 1. The van der Waals surface area contributed by atoms with Gasteiger partial charge in [-0.05, 0) is 57.4 Å². The molecule has 6 heteroatoms. The van der Waals surface area contributed by atoms with Crippen molar-refractivity contribution in [3.63, 3.8) is 0 Å². The summed E-state index contributed by atoms with van der Waals surface area (Å²) >= 11 is 0. The van der Waals surface area contributed by atoms with Crippen molar-refractivity contribution in [2.24, 2.45) is 11.7 Å². The van der Waals surface area contributed by atoms with Crippen molar-refractivity contribution in [1.29, 1.82) is 0 Å². The fraction of sp³-hybridized carbons (Fsp3) is 0.524. The summed E-state index contributed by atoms with van der Waals surface area (Å²) in [4.78, 5) is 14.7. The summed E-state index contributed by atoms with van der Waals surface area (Å²) in [5.74, 6) is 0.747. The van der Waals surface area contributed by atoms with Crippen molar-refractivity contribution in [2.75, 3.05) is 13.1 Å². The van der Waals surface area contributed by atoms with E-state index in [0.29, 0.717) is 0 Å². The number of carbonyl (C=O) groups is 1. The molecule has 1 atom stereocenters. The number of halogens is 1. The molecule has 1 aromatic carbocycles. The van der Waals surface area contributed by atoms with Crippen molar-refractivity contribution in [2.45, 2.75) is 52.0 Å². The van der Waals surface area contributed by atoms with Gasteiger partial charge in [0, 0.05) is 24.3 Å². The number of amides is 1. The summed E-state index contributed by atoms with van der Waals surface area (Å²) in [5, 5.41) is 7.08. The van der Waals surface area contributed by atoms with Crippen LogP contribution >= 0.6 is 12.4 Å². The summed E-state index contributed by atoms with van der Waals surface area (Å²) in [7, 11) is 0.